The maximum absolute atomic E-state index is 11.1. The molecule has 0 aliphatic carbocycles. The van der Waals surface area contributed by atoms with Crippen molar-refractivity contribution >= 4 is 5.78 Å². The Morgan fingerprint density at radius 1 is 1.50 bits per heavy atom. The molecule has 1 nitrogen and oxygen atoms in total. The van der Waals surface area contributed by atoms with Gasteiger partial charge in [0.05, 0.1) is 0 Å². The topological polar surface area (TPSA) is 17.1 Å². The third-order valence-corrected chi connectivity index (χ3v) is 1.84. The molecule has 0 unspecified atom stereocenters. The molecule has 0 N–H and O–H groups in total. The van der Waals surface area contributed by atoms with E-state index in [0.29, 0.717) is 12.3 Å². The van der Waals surface area contributed by atoms with Crippen LogP contribution in [0.3, 0.4) is 0 Å². The number of hydrogen-bond acceptors (Lipinski definition) is 1. The van der Waals surface area contributed by atoms with Gasteiger partial charge in [-0.25, -0.2) is 0 Å². The van der Waals surface area contributed by atoms with E-state index in [1.54, 1.807) is 0 Å². The monoisotopic (exact) mass is 168 g/mol. The third kappa shape index (κ3) is 5.11. The maximum Gasteiger partial charge on any atom is 0.155 e. The summed E-state index contributed by atoms with van der Waals surface area (Å²) < 4.78 is 0. The van der Waals surface area contributed by atoms with Gasteiger partial charge in [-0.05, 0) is 23.8 Å². The number of carbonyl (C=O) groups is 1. The fourth-order valence-corrected chi connectivity index (χ4v) is 1.72. The Labute approximate surface area is 75.9 Å². The largest absolute Gasteiger partial charge is 0.295 e. The highest BCUT2D eigenvalue weighted by molar-refractivity contribution is 5.89. The Hall–Kier alpha value is -0.590. The number of carbonyl (C=O) groups excluding carboxylic acids is 1. The summed E-state index contributed by atoms with van der Waals surface area (Å²) in [7, 11) is 0. The SMILES string of the molecule is C=CC(=O)CC(C)(C)CC(C)C. The Balaban J connectivity index is 4.02. The van der Waals surface area contributed by atoms with Gasteiger partial charge in [-0.1, -0.05) is 34.3 Å². The second kappa shape index (κ2) is 4.44. The van der Waals surface area contributed by atoms with E-state index in [0.717, 1.165) is 6.42 Å². The van der Waals surface area contributed by atoms with E-state index in [4.69, 9.17) is 0 Å². The lowest BCUT2D eigenvalue weighted by molar-refractivity contribution is -0.116. The first-order chi connectivity index (χ1) is 5.37. The summed E-state index contributed by atoms with van der Waals surface area (Å²) in [6, 6.07) is 0. The van der Waals surface area contributed by atoms with Gasteiger partial charge in [-0.15, -0.1) is 0 Å². The minimum atomic E-state index is 0.124. The highest BCUT2D eigenvalue weighted by atomic mass is 16.1. The Morgan fingerprint density at radius 3 is 2.33 bits per heavy atom. The van der Waals surface area contributed by atoms with Crippen molar-refractivity contribution in [1.29, 1.82) is 0 Å². The Bertz CT molecular complexity index is 166. The van der Waals surface area contributed by atoms with Gasteiger partial charge < -0.3 is 0 Å². The van der Waals surface area contributed by atoms with E-state index in [1.807, 2.05) is 0 Å². The molecule has 0 bridgehead atoms. The standard InChI is InChI=1S/C11H20O/c1-6-10(12)8-11(4,5)7-9(2)3/h6,9H,1,7-8H2,2-5H3. The zero-order valence-corrected chi connectivity index (χ0v) is 8.68. The molecule has 0 rings (SSSR count). The van der Waals surface area contributed by atoms with Crippen LogP contribution in [0, 0.1) is 11.3 Å². The molecule has 0 aromatic rings. The molecule has 0 aromatic carbocycles. The lowest BCUT2D eigenvalue weighted by Crippen LogP contribution is -2.18. The zero-order valence-electron chi connectivity index (χ0n) is 8.68. The maximum atomic E-state index is 11.1. The van der Waals surface area contributed by atoms with E-state index in [2.05, 4.69) is 34.3 Å². The van der Waals surface area contributed by atoms with E-state index >= 15 is 0 Å². The second-order valence-electron chi connectivity index (χ2n) is 4.61. The third-order valence-electron chi connectivity index (χ3n) is 1.84. The summed E-state index contributed by atoms with van der Waals surface area (Å²) in [5.74, 6) is 0.804. The predicted molar refractivity (Wildman–Crippen MR) is 53.1 cm³/mol. The first kappa shape index (κ1) is 11.4. The van der Waals surface area contributed by atoms with Crippen LogP contribution in [0.5, 0.6) is 0 Å². The van der Waals surface area contributed by atoms with Gasteiger partial charge in [0, 0.05) is 6.42 Å². The molecule has 0 radical (unpaired) electrons. The molecule has 0 spiro atoms. The minimum Gasteiger partial charge on any atom is -0.295 e. The highest BCUT2D eigenvalue weighted by Crippen LogP contribution is 2.29. The first-order valence-electron chi connectivity index (χ1n) is 4.52. The van der Waals surface area contributed by atoms with Crippen LogP contribution in [-0.4, -0.2) is 5.78 Å². The minimum absolute atomic E-state index is 0.124. The molecule has 1 heteroatoms. The van der Waals surface area contributed by atoms with E-state index in [1.165, 1.54) is 6.08 Å². The number of hydrogen-bond donors (Lipinski definition) is 0. The zero-order chi connectivity index (χ0) is 9.78. The average molecular weight is 168 g/mol. The van der Waals surface area contributed by atoms with Crippen molar-refractivity contribution in [2.75, 3.05) is 0 Å². The average Bonchev–Trinajstić information content (AvgIpc) is 1.83. The van der Waals surface area contributed by atoms with Crippen molar-refractivity contribution in [3.05, 3.63) is 12.7 Å². The predicted octanol–water partition coefficient (Wildman–Crippen LogP) is 3.20. The van der Waals surface area contributed by atoms with Gasteiger partial charge in [-0.3, -0.25) is 4.79 Å². The van der Waals surface area contributed by atoms with Crippen molar-refractivity contribution in [1.82, 2.24) is 0 Å². The summed E-state index contributed by atoms with van der Waals surface area (Å²) in [5, 5.41) is 0. The van der Waals surface area contributed by atoms with Crippen LogP contribution in [0.25, 0.3) is 0 Å². The summed E-state index contributed by atoms with van der Waals surface area (Å²) in [6.45, 7) is 12.1. The molecule has 0 saturated carbocycles. The number of rotatable bonds is 5. The molecule has 0 aliphatic rings. The fourth-order valence-electron chi connectivity index (χ4n) is 1.72. The molecule has 0 amide bonds. The second-order valence-corrected chi connectivity index (χ2v) is 4.61. The summed E-state index contributed by atoms with van der Waals surface area (Å²) in [5.41, 5.74) is 0.124. The van der Waals surface area contributed by atoms with Crippen molar-refractivity contribution in [3.8, 4) is 0 Å². The molecule has 0 fully saturated rings. The van der Waals surface area contributed by atoms with Gasteiger partial charge in [0.2, 0.25) is 0 Å². The summed E-state index contributed by atoms with van der Waals surface area (Å²) >= 11 is 0. The van der Waals surface area contributed by atoms with Crippen LogP contribution in [0.4, 0.5) is 0 Å². The van der Waals surface area contributed by atoms with Crippen LogP contribution in [0.2, 0.25) is 0 Å². The van der Waals surface area contributed by atoms with Crippen LogP contribution < -0.4 is 0 Å². The molecule has 0 aliphatic heterocycles. The van der Waals surface area contributed by atoms with E-state index in [9.17, 15) is 4.79 Å². The van der Waals surface area contributed by atoms with Crippen molar-refractivity contribution in [2.45, 2.75) is 40.5 Å². The van der Waals surface area contributed by atoms with Gasteiger partial charge in [0.25, 0.3) is 0 Å². The van der Waals surface area contributed by atoms with Gasteiger partial charge in [-0.2, -0.15) is 0 Å². The molecule has 70 valence electrons. The molecule has 0 heterocycles. The summed E-state index contributed by atoms with van der Waals surface area (Å²) in [4.78, 5) is 11.1. The van der Waals surface area contributed by atoms with Crippen LogP contribution in [-0.2, 0) is 4.79 Å². The van der Waals surface area contributed by atoms with Crippen molar-refractivity contribution in [2.24, 2.45) is 11.3 Å². The molecule has 0 saturated heterocycles. The molecular formula is C11H20O. The van der Waals surface area contributed by atoms with Crippen LogP contribution >= 0.6 is 0 Å². The Morgan fingerprint density at radius 2 is 2.00 bits per heavy atom. The highest BCUT2D eigenvalue weighted by Gasteiger charge is 2.21. The quantitative estimate of drug-likeness (QED) is 0.576. The van der Waals surface area contributed by atoms with Gasteiger partial charge in [0.15, 0.2) is 5.78 Å². The van der Waals surface area contributed by atoms with Gasteiger partial charge >= 0.3 is 0 Å². The molecule has 0 atom stereocenters. The van der Waals surface area contributed by atoms with Crippen molar-refractivity contribution in [3.63, 3.8) is 0 Å². The Kier molecular flexibility index (Phi) is 4.22. The first-order valence-corrected chi connectivity index (χ1v) is 4.52. The van der Waals surface area contributed by atoms with Crippen LogP contribution in [0.15, 0.2) is 12.7 Å². The number of allylic oxidation sites excluding steroid dienone is 1. The normalized spacial score (nSPS) is 11.8. The summed E-state index contributed by atoms with van der Waals surface area (Å²) in [6.07, 6.45) is 3.13. The smallest absolute Gasteiger partial charge is 0.155 e. The van der Waals surface area contributed by atoms with E-state index in [-0.39, 0.29) is 11.2 Å². The molecular weight excluding hydrogens is 148 g/mol. The number of ketones is 1. The van der Waals surface area contributed by atoms with E-state index < -0.39 is 0 Å². The van der Waals surface area contributed by atoms with Crippen molar-refractivity contribution < 1.29 is 4.79 Å². The lowest BCUT2D eigenvalue weighted by atomic mass is 9.80. The lowest BCUT2D eigenvalue weighted by Gasteiger charge is -2.25. The molecule has 12 heavy (non-hydrogen) atoms. The van der Waals surface area contributed by atoms with Crippen LogP contribution in [0.1, 0.15) is 40.5 Å². The fraction of sp³-hybridized carbons (Fsp3) is 0.727. The molecule has 0 aromatic heterocycles. The van der Waals surface area contributed by atoms with Gasteiger partial charge in [0.1, 0.15) is 0 Å².